The molecule has 22 heavy (non-hydrogen) atoms. The highest BCUT2D eigenvalue weighted by Gasteiger charge is 2.29. The van der Waals surface area contributed by atoms with Gasteiger partial charge in [0.2, 0.25) is 10.0 Å². The average molecular weight is 319 g/mol. The summed E-state index contributed by atoms with van der Waals surface area (Å²) in [7, 11) is -3.06. The van der Waals surface area contributed by atoms with Crippen LogP contribution in [0.1, 0.15) is 48.6 Å². The number of fused-ring (bicyclic) bond motifs is 1. The van der Waals surface area contributed by atoms with Gasteiger partial charge in [0.15, 0.2) is 0 Å². The van der Waals surface area contributed by atoms with Gasteiger partial charge in [0.1, 0.15) is 0 Å². The molecule has 0 radical (unpaired) electrons. The zero-order chi connectivity index (χ0) is 15.3. The summed E-state index contributed by atoms with van der Waals surface area (Å²) in [4.78, 5) is 0. The molecule has 4 rings (SSSR count). The second kappa shape index (κ2) is 5.06. The van der Waals surface area contributed by atoms with Gasteiger partial charge < -0.3 is 0 Å². The number of nitrogens with zero attached hydrogens (tertiary/aromatic N) is 2. The summed E-state index contributed by atoms with van der Waals surface area (Å²) in [5.74, 6) is 1.14. The zero-order valence-corrected chi connectivity index (χ0v) is 13.6. The fourth-order valence-corrected chi connectivity index (χ4v) is 4.46. The van der Waals surface area contributed by atoms with Crippen molar-refractivity contribution in [3.8, 4) is 0 Å². The van der Waals surface area contributed by atoms with Crippen molar-refractivity contribution in [1.29, 1.82) is 0 Å². The Kier molecular flexibility index (Phi) is 3.27. The van der Waals surface area contributed by atoms with Gasteiger partial charge in [-0.25, -0.2) is 12.7 Å². The minimum Gasteiger partial charge on any atom is -0.278 e. The van der Waals surface area contributed by atoms with Crippen LogP contribution in [-0.4, -0.2) is 42.3 Å². The smallest absolute Gasteiger partial charge is 0.211 e. The molecule has 1 aromatic carbocycles. The monoisotopic (exact) mass is 319 g/mol. The van der Waals surface area contributed by atoms with Gasteiger partial charge in [-0.1, -0.05) is 6.07 Å². The Balaban J connectivity index is 1.65. The van der Waals surface area contributed by atoms with E-state index in [2.05, 4.69) is 22.3 Å². The topological polar surface area (TPSA) is 66.1 Å². The van der Waals surface area contributed by atoms with Gasteiger partial charge in [0.05, 0.1) is 18.0 Å². The van der Waals surface area contributed by atoms with Crippen LogP contribution in [0.4, 0.5) is 0 Å². The predicted octanol–water partition coefficient (Wildman–Crippen LogP) is 2.58. The normalized spacial score (nSPS) is 21.5. The Hall–Kier alpha value is -1.40. The van der Waals surface area contributed by atoms with Crippen molar-refractivity contribution >= 4 is 20.9 Å². The standard InChI is InChI=1S/C16H21N3O2S/c1-22(20,21)19-6-4-12(5-7-19)14-8-13(11-2-3-11)9-16-15(14)10-17-18-16/h8-12H,2-7H2,1H3,(H,17,18). The van der Waals surface area contributed by atoms with E-state index in [9.17, 15) is 8.42 Å². The number of sulfonamides is 1. The third-order valence-electron chi connectivity index (χ3n) is 5.02. The molecule has 1 aliphatic carbocycles. The van der Waals surface area contributed by atoms with Crippen molar-refractivity contribution in [2.45, 2.75) is 37.5 Å². The lowest BCUT2D eigenvalue weighted by Crippen LogP contribution is -2.37. The first-order valence-electron chi connectivity index (χ1n) is 7.94. The Bertz CT molecular complexity index is 800. The van der Waals surface area contributed by atoms with Gasteiger partial charge in [-0.15, -0.1) is 0 Å². The van der Waals surface area contributed by atoms with E-state index in [1.165, 1.54) is 35.6 Å². The summed E-state index contributed by atoms with van der Waals surface area (Å²) in [6.45, 7) is 1.24. The second-order valence-corrected chi connectivity index (χ2v) is 8.63. The third kappa shape index (κ3) is 2.54. The van der Waals surface area contributed by atoms with Crippen LogP contribution in [0.2, 0.25) is 0 Å². The first kappa shape index (κ1) is 14.2. The number of aromatic nitrogens is 2. The molecule has 1 saturated heterocycles. The van der Waals surface area contributed by atoms with Crippen LogP contribution < -0.4 is 0 Å². The van der Waals surface area contributed by atoms with E-state index in [1.54, 1.807) is 4.31 Å². The number of hydrogen-bond donors (Lipinski definition) is 1. The Morgan fingerprint density at radius 1 is 1.14 bits per heavy atom. The molecule has 5 nitrogen and oxygen atoms in total. The van der Waals surface area contributed by atoms with Crippen molar-refractivity contribution in [3.05, 3.63) is 29.5 Å². The largest absolute Gasteiger partial charge is 0.278 e. The number of nitrogens with one attached hydrogen (secondary N) is 1. The van der Waals surface area contributed by atoms with Crippen LogP contribution in [0.15, 0.2) is 18.3 Å². The SMILES string of the molecule is CS(=O)(=O)N1CCC(c2cc(C3CC3)cc3[nH]ncc23)CC1. The fraction of sp³-hybridized carbons (Fsp3) is 0.562. The van der Waals surface area contributed by atoms with Gasteiger partial charge in [-0.05, 0) is 54.7 Å². The van der Waals surface area contributed by atoms with Gasteiger partial charge in [-0.2, -0.15) is 5.10 Å². The Morgan fingerprint density at radius 3 is 2.50 bits per heavy atom. The molecule has 2 aromatic rings. The minimum atomic E-state index is -3.06. The van der Waals surface area contributed by atoms with E-state index in [-0.39, 0.29) is 0 Å². The first-order valence-corrected chi connectivity index (χ1v) is 9.79. The molecule has 1 aromatic heterocycles. The van der Waals surface area contributed by atoms with Crippen molar-refractivity contribution in [2.24, 2.45) is 0 Å². The van der Waals surface area contributed by atoms with E-state index < -0.39 is 10.0 Å². The second-order valence-electron chi connectivity index (χ2n) is 6.65. The molecule has 1 N–H and O–H groups in total. The van der Waals surface area contributed by atoms with Crippen LogP contribution >= 0.6 is 0 Å². The third-order valence-corrected chi connectivity index (χ3v) is 6.33. The number of aromatic amines is 1. The van der Waals surface area contributed by atoms with Crippen molar-refractivity contribution in [3.63, 3.8) is 0 Å². The molecule has 0 unspecified atom stereocenters. The summed E-state index contributed by atoms with van der Waals surface area (Å²) < 4.78 is 24.9. The molecular formula is C16H21N3O2S. The molecule has 2 fully saturated rings. The van der Waals surface area contributed by atoms with Gasteiger partial charge in [-0.3, -0.25) is 5.10 Å². The quantitative estimate of drug-likeness (QED) is 0.945. The van der Waals surface area contributed by atoms with E-state index >= 15 is 0 Å². The highest BCUT2D eigenvalue weighted by molar-refractivity contribution is 7.88. The molecule has 1 saturated carbocycles. The van der Waals surface area contributed by atoms with Crippen molar-refractivity contribution in [2.75, 3.05) is 19.3 Å². The molecule has 2 aliphatic rings. The summed E-state index contributed by atoms with van der Waals surface area (Å²) in [6.07, 6.45) is 7.56. The van der Waals surface area contributed by atoms with Crippen LogP contribution in [0.3, 0.4) is 0 Å². The maximum Gasteiger partial charge on any atom is 0.211 e. The molecule has 6 heteroatoms. The zero-order valence-electron chi connectivity index (χ0n) is 12.7. The molecule has 1 aliphatic heterocycles. The Labute approximate surface area is 130 Å². The number of piperidine rings is 1. The van der Waals surface area contributed by atoms with E-state index in [1.807, 2.05) is 6.20 Å². The summed E-state index contributed by atoms with van der Waals surface area (Å²) in [6, 6.07) is 4.57. The lowest BCUT2D eigenvalue weighted by atomic mass is 9.86. The maximum absolute atomic E-state index is 11.7. The van der Waals surface area contributed by atoms with E-state index in [0.717, 1.165) is 18.4 Å². The van der Waals surface area contributed by atoms with E-state index in [4.69, 9.17) is 0 Å². The van der Waals surface area contributed by atoms with Crippen molar-refractivity contribution in [1.82, 2.24) is 14.5 Å². The molecule has 0 amide bonds. The van der Waals surface area contributed by atoms with Gasteiger partial charge >= 0.3 is 0 Å². The Morgan fingerprint density at radius 2 is 1.86 bits per heavy atom. The van der Waals surface area contributed by atoms with Crippen LogP contribution in [0, 0.1) is 0 Å². The highest BCUT2D eigenvalue weighted by Crippen LogP contribution is 2.43. The summed E-state index contributed by atoms with van der Waals surface area (Å²) >= 11 is 0. The summed E-state index contributed by atoms with van der Waals surface area (Å²) in [5, 5.41) is 8.50. The van der Waals surface area contributed by atoms with Crippen LogP contribution in [0.5, 0.6) is 0 Å². The fourth-order valence-electron chi connectivity index (χ4n) is 3.59. The van der Waals surface area contributed by atoms with Gasteiger partial charge in [0, 0.05) is 18.5 Å². The molecule has 0 bridgehead atoms. The van der Waals surface area contributed by atoms with Crippen LogP contribution in [-0.2, 0) is 10.0 Å². The van der Waals surface area contributed by atoms with Crippen molar-refractivity contribution < 1.29 is 8.42 Å². The number of rotatable bonds is 3. The first-order chi connectivity index (χ1) is 10.5. The lowest BCUT2D eigenvalue weighted by Gasteiger charge is -2.31. The lowest BCUT2D eigenvalue weighted by molar-refractivity contribution is 0.322. The average Bonchev–Trinajstić information content (AvgIpc) is 3.23. The number of benzene rings is 1. The van der Waals surface area contributed by atoms with E-state index in [0.29, 0.717) is 24.9 Å². The number of hydrogen-bond acceptors (Lipinski definition) is 3. The summed E-state index contributed by atoms with van der Waals surface area (Å²) in [5.41, 5.74) is 3.88. The molecule has 118 valence electrons. The van der Waals surface area contributed by atoms with Crippen LogP contribution in [0.25, 0.3) is 10.9 Å². The molecule has 0 spiro atoms. The maximum atomic E-state index is 11.7. The predicted molar refractivity (Wildman–Crippen MR) is 86.5 cm³/mol. The van der Waals surface area contributed by atoms with Gasteiger partial charge in [0.25, 0.3) is 0 Å². The molecule has 2 heterocycles. The molecular weight excluding hydrogens is 298 g/mol. The molecule has 0 atom stereocenters. The highest BCUT2D eigenvalue weighted by atomic mass is 32.2. The number of H-pyrrole nitrogens is 1. The minimum absolute atomic E-state index is 0.428.